The first-order chi connectivity index (χ1) is 9.08. The molecule has 0 aromatic heterocycles. The highest BCUT2D eigenvalue weighted by molar-refractivity contribution is 6.30. The van der Waals surface area contributed by atoms with Gasteiger partial charge in [0.15, 0.2) is 5.60 Å². The molecule has 0 heterocycles. The van der Waals surface area contributed by atoms with E-state index in [4.69, 9.17) is 17.0 Å². The van der Waals surface area contributed by atoms with E-state index < -0.39 is 5.60 Å². The molecule has 0 aliphatic carbocycles. The summed E-state index contributed by atoms with van der Waals surface area (Å²) >= 11 is 5.84. The molecule has 0 saturated heterocycles. The zero-order valence-corrected chi connectivity index (χ0v) is 11.2. The number of halogens is 1. The Balaban J connectivity index is 2.41. The number of nitrogens with one attached hydrogen (secondary N) is 1. The van der Waals surface area contributed by atoms with Gasteiger partial charge in [0.1, 0.15) is 6.54 Å². The second-order valence-electron chi connectivity index (χ2n) is 4.36. The number of benzene rings is 2. The van der Waals surface area contributed by atoms with Crippen molar-refractivity contribution in [1.82, 2.24) is 0 Å². The standard InChI is InChI=1S/C15H15ClN2O/c16-13-8-6-11(7-9-13)14(18)15(19,10-17)12-4-2-1-3-5-12/h1-9,18-19H,10,17H2/p+1. The van der Waals surface area contributed by atoms with Gasteiger partial charge < -0.3 is 16.2 Å². The molecule has 2 rings (SSSR count). The molecule has 0 fully saturated rings. The van der Waals surface area contributed by atoms with E-state index in [0.29, 0.717) is 16.1 Å². The van der Waals surface area contributed by atoms with Gasteiger partial charge in [0.05, 0.1) is 5.71 Å². The third kappa shape index (κ3) is 2.68. The first-order valence-corrected chi connectivity index (χ1v) is 6.38. The maximum absolute atomic E-state index is 10.8. The molecule has 1 atom stereocenters. The van der Waals surface area contributed by atoms with Crippen molar-refractivity contribution < 1.29 is 10.8 Å². The predicted octanol–water partition coefficient (Wildman–Crippen LogP) is 1.84. The van der Waals surface area contributed by atoms with Crippen molar-refractivity contribution in [3.8, 4) is 0 Å². The van der Waals surface area contributed by atoms with Crippen LogP contribution in [0.3, 0.4) is 0 Å². The van der Waals surface area contributed by atoms with Crippen molar-refractivity contribution in [1.29, 1.82) is 5.41 Å². The Morgan fingerprint density at radius 1 is 1.11 bits per heavy atom. The van der Waals surface area contributed by atoms with Crippen LogP contribution in [-0.4, -0.2) is 17.4 Å². The normalized spacial score (nSPS) is 13.8. The number of rotatable bonds is 4. The molecule has 2 aromatic rings. The Kier molecular flexibility index (Phi) is 4.00. The lowest BCUT2D eigenvalue weighted by Crippen LogP contribution is -2.62. The van der Waals surface area contributed by atoms with Crippen LogP contribution < -0.4 is 5.73 Å². The van der Waals surface area contributed by atoms with Gasteiger partial charge in [0.25, 0.3) is 0 Å². The Bertz CT molecular complexity index is 568. The summed E-state index contributed by atoms with van der Waals surface area (Å²) in [5.41, 5.74) is 3.84. The van der Waals surface area contributed by atoms with Crippen LogP contribution in [0.1, 0.15) is 11.1 Å². The van der Waals surface area contributed by atoms with Crippen LogP contribution in [0.15, 0.2) is 54.6 Å². The van der Waals surface area contributed by atoms with Crippen molar-refractivity contribution in [2.45, 2.75) is 5.60 Å². The van der Waals surface area contributed by atoms with Crippen molar-refractivity contribution in [2.75, 3.05) is 6.54 Å². The first-order valence-electron chi connectivity index (χ1n) is 6.00. The Morgan fingerprint density at radius 2 is 1.68 bits per heavy atom. The molecule has 4 heteroatoms. The van der Waals surface area contributed by atoms with Crippen molar-refractivity contribution >= 4 is 17.3 Å². The number of hydrogen-bond acceptors (Lipinski definition) is 2. The topological polar surface area (TPSA) is 71.7 Å². The lowest BCUT2D eigenvalue weighted by Gasteiger charge is -2.26. The molecule has 5 N–H and O–H groups in total. The van der Waals surface area contributed by atoms with Crippen LogP contribution in [-0.2, 0) is 5.60 Å². The summed E-state index contributed by atoms with van der Waals surface area (Å²) in [7, 11) is 0. The van der Waals surface area contributed by atoms with Crippen LogP contribution >= 0.6 is 11.6 Å². The molecule has 1 unspecified atom stereocenters. The number of hydrogen-bond donors (Lipinski definition) is 3. The fourth-order valence-electron chi connectivity index (χ4n) is 1.98. The summed E-state index contributed by atoms with van der Waals surface area (Å²) in [5.74, 6) is 0. The Hall–Kier alpha value is -1.68. The quantitative estimate of drug-likeness (QED) is 0.732. The van der Waals surface area contributed by atoms with Gasteiger partial charge in [-0.05, 0) is 23.3 Å². The molecule has 0 bridgehead atoms. The van der Waals surface area contributed by atoms with Gasteiger partial charge >= 0.3 is 0 Å². The highest BCUT2D eigenvalue weighted by Crippen LogP contribution is 2.25. The lowest BCUT2D eigenvalue weighted by atomic mass is 9.85. The average molecular weight is 276 g/mol. The number of quaternary nitrogens is 1. The molecule has 0 amide bonds. The van der Waals surface area contributed by atoms with Crippen LogP contribution in [0.2, 0.25) is 5.02 Å². The summed E-state index contributed by atoms with van der Waals surface area (Å²) in [6.45, 7) is 0.193. The highest BCUT2D eigenvalue weighted by Gasteiger charge is 2.35. The monoisotopic (exact) mass is 275 g/mol. The summed E-state index contributed by atoms with van der Waals surface area (Å²) in [5, 5.41) is 19.6. The molecule has 0 saturated carbocycles. The Morgan fingerprint density at radius 3 is 2.21 bits per heavy atom. The van der Waals surface area contributed by atoms with Crippen LogP contribution in [0, 0.1) is 5.41 Å². The van der Waals surface area contributed by atoms with Crippen molar-refractivity contribution in [3.63, 3.8) is 0 Å². The largest absolute Gasteiger partial charge is 0.374 e. The third-order valence-corrected chi connectivity index (χ3v) is 3.41. The lowest BCUT2D eigenvalue weighted by molar-refractivity contribution is -0.393. The van der Waals surface area contributed by atoms with E-state index in [-0.39, 0.29) is 12.3 Å². The molecular weight excluding hydrogens is 260 g/mol. The van der Waals surface area contributed by atoms with Gasteiger partial charge in [-0.15, -0.1) is 0 Å². The molecule has 2 aromatic carbocycles. The van der Waals surface area contributed by atoms with Crippen LogP contribution in [0.25, 0.3) is 0 Å². The van der Waals surface area contributed by atoms with Gasteiger partial charge in [-0.25, -0.2) is 0 Å². The minimum Gasteiger partial charge on any atom is -0.374 e. The zero-order valence-electron chi connectivity index (χ0n) is 10.4. The van der Waals surface area contributed by atoms with E-state index in [1.807, 2.05) is 18.2 Å². The fraction of sp³-hybridized carbons (Fsp3) is 0.133. The second kappa shape index (κ2) is 5.53. The molecule has 3 nitrogen and oxygen atoms in total. The smallest absolute Gasteiger partial charge is 0.180 e. The molecular formula is C15H16ClN2O+. The summed E-state index contributed by atoms with van der Waals surface area (Å²) in [4.78, 5) is 0. The second-order valence-corrected chi connectivity index (χ2v) is 4.79. The van der Waals surface area contributed by atoms with E-state index in [1.54, 1.807) is 36.4 Å². The molecule has 98 valence electrons. The van der Waals surface area contributed by atoms with Gasteiger partial charge in [-0.1, -0.05) is 54.1 Å². The molecule has 0 spiro atoms. The molecule has 0 radical (unpaired) electrons. The van der Waals surface area contributed by atoms with Crippen LogP contribution in [0.4, 0.5) is 0 Å². The molecule has 0 aliphatic rings. The fourth-order valence-corrected chi connectivity index (χ4v) is 2.11. The first kappa shape index (κ1) is 13.7. The van der Waals surface area contributed by atoms with E-state index >= 15 is 0 Å². The average Bonchev–Trinajstić information content (AvgIpc) is 2.47. The van der Waals surface area contributed by atoms with Crippen molar-refractivity contribution in [2.24, 2.45) is 0 Å². The maximum atomic E-state index is 10.8. The van der Waals surface area contributed by atoms with E-state index in [1.165, 1.54) is 0 Å². The van der Waals surface area contributed by atoms with E-state index in [9.17, 15) is 5.11 Å². The third-order valence-electron chi connectivity index (χ3n) is 3.16. The molecule has 19 heavy (non-hydrogen) atoms. The maximum Gasteiger partial charge on any atom is 0.180 e. The summed E-state index contributed by atoms with van der Waals surface area (Å²) in [6.07, 6.45) is 0. The van der Waals surface area contributed by atoms with Crippen LogP contribution in [0.5, 0.6) is 0 Å². The van der Waals surface area contributed by atoms with Gasteiger partial charge in [0.2, 0.25) is 0 Å². The molecule has 0 aliphatic heterocycles. The van der Waals surface area contributed by atoms with Gasteiger partial charge in [0, 0.05) is 5.02 Å². The Labute approximate surface area is 117 Å². The highest BCUT2D eigenvalue weighted by atomic mass is 35.5. The van der Waals surface area contributed by atoms with Gasteiger partial charge in [-0.2, -0.15) is 0 Å². The summed E-state index contributed by atoms with van der Waals surface area (Å²) < 4.78 is 0. The zero-order chi connectivity index (χ0) is 13.9. The van der Waals surface area contributed by atoms with Crippen molar-refractivity contribution in [3.05, 3.63) is 70.7 Å². The van der Waals surface area contributed by atoms with Gasteiger partial charge in [-0.3, -0.25) is 0 Å². The van der Waals surface area contributed by atoms with E-state index in [0.717, 1.165) is 0 Å². The van der Waals surface area contributed by atoms with E-state index in [2.05, 4.69) is 5.73 Å². The minimum absolute atomic E-state index is 0.130. The predicted molar refractivity (Wildman–Crippen MR) is 76.4 cm³/mol. The SMILES string of the molecule is N=C(c1ccc(Cl)cc1)C(O)(C[NH3+])c1ccccc1. The number of aliphatic hydroxyl groups is 1. The summed E-state index contributed by atoms with van der Waals surface area (Å²) in [6, 6.07) is 16.0. The minimum atomic E-state index is -1.38.